The average molecular weight is 426 g/mol. The van der Waals surface area contributed by atoms with Gasteiger partial charge in [-0.25, -0.2) is 0 Å². The van der Waals surface area contributed by atoms with Crippen LogP contribution in [0.5, 0.6) is 0 Å². The van der Waals surface area contributed by atoms with Crippen LogP contribution in [-0.2, 0) is 0 Å². The van der Waals surface area contributed by atoms with Gasteiger partial charge < -0.3 is 4.57 Å². The highest BCUT2D eigenvalue weighted by Gasteiger charge is 2.12. The van der Waals surface area contributed by atoms with Crippen LogP contribution in [0, 0.1) is 0 Å². The number of rotatable bonds is 6. The summed E-state index contributed by atoms with van der Waals surface area (Å²) in [6.45, 7) is 0. The van der Waals surface area contributed by atoms with Gasteiger partial charge in [0.2, 0.25) is 0 Å². The molecule has 0 N–H and O–H groups in total. The predicted octanol–water partition coefficient (Wildman–Crippen LogP) is 7.71. The van der Waals surface area contributed by atoms with Crippen molar-refractivity contribution in [3.8, 4) is 28.1 Å². The maximum atomic E-state index is 12.6. The van der Waals surface area contributed by atoms with Crippen molar-refractivity contribution < 1.29 is 4.79 Å². The first kappa shape index (κ1) is 20.5. The summed E-state index contributed by atoms with van der Waals surface area (Å²) in [5.74, 6) is -0.00818. The molecule has 1 aromatic heterocycles. The fourth-order valence-corrected chi connectivity index (χ4v) is 3.91. The standard InChI is InChI=1S/C31H23NO/c33-31(21-16-24-10-4-1-5-11-24)27-17-19-29(20-18-27)32-23-28(25-12-6-2-7-13-25)22-30(32)26-14-8-3-9-15-26/h1-23H/b21-16+. The first-order chi connectivity index (χ1) is 16.3. The van der Waals surface area contributed by atoms with Crippen molar-refractivity contribution >= 4 is 11.9 Å². The van der Waals surface area contributed by atoms with Gasteiger partial charge >= 0.3 is 0 Å². The molecule has 0 unspecified atom stereocenters. The van der Waals surface area contributed by atoms with Gasteiger partial charge in [-0.1, -0.05) is 97.1 Å². The van der Waals surface area contributed by atoms with E-state index < -0.39 is 0 Å². The minimum absolute atomic E-state index is 0.00818. The number of nitrogens with zero attached hydrogens (tertiary/aromatic N) is 1. The molecule has 0 fully saturated rings. The molecule has 2 heteroatoms. The molecule has 2 nitrogen and oxygen atoms in total. The molecular weight excluding hydrogens is 402 g/mol. The third-order valence-electron chi connectivity index (χ3n) is 5.65. The molecule has 0 aliphatic carbocycles. The molecule has 33 heavy (non-hydrogen) atoms. The van der Waals surface area contributed by atoms with E-state index in [9.17, 15) is 4.79 Å². The molecule has 0 bridgehead atoms. The van der Waals surface area contributed by atoms with Crippen molar-refractivity contribution in [1.29, 1.82) is 0 Å². The largest absolute Gasteiger partial charge is 0.316 e. The lowest BCUT2D eigenvalue weighted by Gasteiger charge is -2.10. The van der Waals surface area contributed by atoms with Crippen LogP contribution in [0.1, 0.15) is 15.9 Å². The number of aromatic nitrogens is 1. The first-order valence-corrected chi connectivity index (χ1v) is 11.0. The number of benzene rings is 4. The summed E-state index contributed by atoms with van der Waals surface area (Å²) in [7, 11) is 0. The Hall–Kier alpha value is -4.43. The molecule has 0 saturated carbocycles. The Bertz CT molecular complexity index is 1380. The van der Waals surface area contributed by atoms with Crippen LogP contribution < -0.4 is 0 Å². The number of ketones is 1. The van der Waals surface area contributed by atoms with Crippen molar-refractivity contribution in [3.05, 3.63) is 145 Å². The third-order valence-corrected chi connectivity index (χ3v) is 5.65. The van der Waals surface area contributed by atoms with Crippen LogP contribution in [0.2, 0.25) is 0 Å². The highest BCUT2D eigenvalue weighted by Crippen LogP contribution is 2.31. The Morgan fingerprint density at radius 3 is 1.82 bits per heavy atom. The molecule has 0 spiro atoms. The van der Waals surface area contributed by atoms with Gasteiger partial charge in [-0.2, -0.15) is 0 Å². The molecule has 1 heterocycles. The quantitative estimate of drug-likeness (QED) is 0.202. The van der Waals surface area contributed by atoms with Crippen LogP contribution in [0.25, 0.3) is 34.1 Å². The fourth-order valence-electron chi connectivity index (χ4n) is 3.91. The number of hydrogen-bond donors (Lipinski definition) is 0. The SMILES string of the molecule is O=C(/C=C/c1ccccc1)c1ccc(-n2cc(-c3ccccc3)cc2-c2ccccc2)cc1. The Morgan fingerprint density at radius 2 is 1.18 bits per heavy atom. The second kappa shape index (κ2) is 9.37. The number of allylic oxidation sites excluding steroid dienone is 1. The Morgan fingerprint density at radius 1 is 0.606 bits per heavy atom. The molecule has 5 rings (SSSR count). The van der Waals surface area contributed by atoms with Gasteiger partial charge in [0, 0.05) is 23.0 Å². The van der Waals surface area contributed by atoms with Crippen LogP contribution in [-0.4, -0.2) is 10.4 Å². The van der Waals surface area contributed by atoms with E-state index in [2.05, 4.69) is 65.4 Å². The van der Waals surface area contributed by atoms with E-state index in [1.54, 1.807) is 6.08 Å². The van der Waals surface area contributed by atoms with Gasteiger partial charge in [0.25, 0.3) is 0 Å². The second-order valence-electron chi connectivity index (χ2n) is 7.87. The molecule has 0 saturated heterocycles. The van der Waals surface area contributed by atoms with Crippen molar-refractivity contribution in [2.24, 2.45) is 0 Å². The summed E-state index contributed by atoms with van der Waals surface area (Å²) in [6, 6.07) is 40.6. The summed E-state index contributed by atoms with van der Waals surface area (Å²) in [5.41, 5.74) is 7.27. The minimum Gasteiger partial charge on any atom is -0.316 e. The van der Waals surface area contributed by atoms with Gasteiger partial charge in [0.15, 0.2) is 5.78 Å². The van der Waals surface area contributed by atoms with Gasteiger partial charge in [0.1, 0.15) is 0 Å². The summed E-state index contributed by atoms with van der Waals surface area (Å²) >= 11 is 0. The zero-order valence-corrected chi connectivity index (χ0v) is 18.1. The normalized spacial score (nSPS) is 11.0. The van der Waals surface area contributed by atoms with Gasteiger partial charge in [0.05, 0.1) is 5.69 Å². The molecular formula is C31H23NO. The average Bonchev–Trinajstić information content (AvgIpc) is 3.35. The molecule has 0 atom stereocenters. The van der Waals surface area contributed by atoms with E-state index in [1.165, 1.54) is 5.56 Å². The van der Waals surface area contributed by atoms with Crippen LogP contribution in [0.15, 0.2) is 134 Å². The Labute approximate surface area is 194 Å². The monoisotopic (exact) mass is 425 g/mol. The van der Waals surface area contributed by atoms with E-state index in [1.807, 2.05) is 72.8 Å². The summed E-state index contributed by atoms with van der Waals surface area (Å²) in [6.07, 6.45) is 5.63. The van der Waals surface area contributed by atoms with Crippen molar-refractivity contribution in [2.45, 2.75) is 0 Å². The maximum Gasteiger partial charge on any atom is 0.185 e. The lowest BCUT2D eigenvalue weighted by molar-refractivity contribution is 0.104. The second-order valence-corrected chi connectivity index (χ2v) is 7.87. The summed E-state index contributed by atoms with van der Waals surface area (Å²) < 4.78 is 2.19. The van der Waals surface area contributed by atoms with Crippen molar-refractivity contribution in [3.63, 3.8) is 0 Å². The highest BCUT2D eigenvalue weighted by molar-refractivity contribution is 6.06. The topological polar surface area (TPSA) is 22.0 Å². The van der Waals surface area contributed by atoms with Crippen LogP contribution >= 0.6 is 0 Å². The molecule has 0 radical (unpaired) electrons. The molecule has 0 amide bonds. The number of carbonyl (C=O) groups excluding carboxylic acids is 1. The van der Waals surface area contributed by atoms with Gasteiger partial charge in [-0.05, 0) is 53.1 Å². The minimum atomic E-state index is -0.00818. The molecule has 158 valence electrons. The zero-order chi connectivity index (χ0) is 22.5. The van der Waals surface area contributed by atoms with E-state index in [-0.39, 0.29) is 5.78 Å². The fraction of sp³-hybridized carbons (Fsp3) is 0. The highest BCUT2D eigenvalue weighted by atomic mass is 16.1. The number of carbonyl (C=O) groups is 1. The third kappa shape index (κ3) is 4.60. The van der Waals surface area contributed by atoms with E-state index in [0.29, 0.717) is 5.56 Å². The van der Waals surface area contributed by atoms with Crippen LogP contribution in [0.4, 0.5) is 0 Å². The van der Waals surface area contributed by atoms with E-state index >= 15 is 0 Å². The Balaban J connectivity index is 1.48. The molecule has 4 aromatic carbocycles. The maximum absolute atomic E-state index is 12.6. The van der Waals surface area contributed by atoms with E-state index in [4.69, 9.17) is 0 Å². The zero-order valence-electron chi connectivity index (χ0n) is 18.1. The van der Waals surface area contributed by atoms with Gasteiger partial charge in [-0.3, -0.25) is 4.79 Å². The van der Waals surface area contributed by atoms with Gasteiger partial charge in [-0.15, -0.1) is 0 Å². The Kier molecular flexibility index (Phi) is 5.81. The smallest absolute Gasteiger partial charge is 0.185 e. The first-order valence-electron chi connectivity index (χ1n) is 11.0. The predicted molar refractivity (Wildman–Crippen MR) is 136 cm³/mol. The molecule has 5 aromatic rings. The van der Waals surface area contributed by atoms with Crippen molar-refractivity contribution in [1.82, 2.24) is 4.57 Å². The summed E-state index contributed by atoms with van der Waals surface area (Å²) in [4.78, 5) is 12.6. The van der Waals surface area contributed by atoms with E-state index in [0.717, 1.165) is 28.1 Å². The number of hydrogen-bond acceptors (Lipinski definition) is 1. The lowest BCUT2D eigenvalue weighted by atomic mass is 10.1. The summed E-state index contributed by atoms with van der Waals surface area (Å²) in [5, 5.41) is 0. The molecule has 0 aliphatic heterocycles. The van der Waals surface area contributed by atoms with Crippen LogP contribution in [0.3, 0.4) is 0 Å². The van der Waals surface area contributed by atoms with Crippen molar-refractivity contribution in [2.75, 3.05) is 0 Å². The lowest BCUT2D eigenvalue weighted by Crippen LogP contribution is -1.98. The molecule has 0 aliphatic rings.